The second kappa shape index (κ2) is 5.91. The van der Waals surface area contributed by atoms with Crippen LogP contribution in [-0.2, 0) is 16.6 Å². The van der Waals surface area contributed by atoms with Crippen LogP contribution in [0.3, 0.4) is 0 Å². The van der Waals surface area contributed by atoms with E-state index in [0.717, 1.165) is 30.0 Å². The van der Waals surface area contributed by atoms with Crippen LogP contribution in [0.4, 0.5) is 0 Å². The molecule has 1 fully saturated rings. The molecule has 1 atom stereocenters. The summed E-state index contributed by atoms with van der Waals surface area (Å²) < 4.78 is 27.2. The first kappa shape index (κ1) is 15.0. The number of aryl methyl sites for hydroxylation is 1. The lowest BCUT2D eigenvalue weighted by molar-refractivity contribution is 0.466. The maximum Gasteiger partial charge on any atom is 0.252 e. The Morgan fingerprint density at radius 3 is 2.84 bits per heavy atom. The predicted molar refractivity (Wildman–Crippen MR) is 79.0 cm³/mol. The summed E-state index contributed by atoms with van der Waals surface area (Å²) >= 11 is 1.40. The van der Waals surface area contributed by atoms with Gasteiger partial charge in [-0.3, -0.25) is 0 Å². The molecule has 1 unspecified atom stereocenters. The quantitative estimate of drug-likeness (QED) is 0.907. The van der Waals surface area contributed by atoms with Crippen molar-refractivity contribution in [3.63, 3.8) is 0 Å². The van der Waals surface area contributed by atoms with E-state index in [-0.39, 0.29) is 0 Å². The molecule has 0 aliphatic carbocycles. The summed E-state index contributed by atoms with van der Waals surface area (Å²) in [5.41, 5.74) is 1.07. The average Bonchev–Trinajstić information content (AvgIpc) is 2.94. The van der Waals surface area contributed by atoms with Gasteiger partial charge < -0.3 is 5.32 Å². The van der Waals surface area contributed by atoms with Gasteiger partial charge in [0, 0.05) is 24.5 Å². The molecule has 1 N–H and O–H groups in total. The molecule has 0 spiro atoms. The van der Waals surface area contributed by atoms with Crippen molar-refractivity contribution in [3.05, 3.63) is 16.5 Å². The first-order valence-electron chi connectivity index (χ1n) is 6.75. The summed E-state index contributed by atoms with van der Waals surface area (Å²) in [4.78, 5) is 1.12. The van der Waals surface area contributed by atoms with Gasteiger partial charge in [-0.15, -0.1) is 11.3 Å². The first-order valence-corrected chi connectivity index (χ1v) is 9.01. The highest BCUT2D eigenvalue weighted by molar-refractivity contribution is 7.91. The van der Waals surface area contributed by atoms with E-state index < -0.39 is 10.0 Å². The standard InChI is InChI=1S/C13H22N2O2S2/c1-4-14-8-12-11(3)7-13(18-12)19(16,17)15-6-5-10(2)9-15/h7,10,14H,4-6,8-9H2,1-3H3. The van der Waals surface area contributed by atoms with Gasteiger partial charge in [-0.05, 0) is 37.4 Å². The van der Waals surface area contributed by atoms with Gasteiger partial charge in [0.25, 0.3) is 10.0 Å². The normalized spacial score (nSPS) is 21.1. The zero-order valence-corrected chi connectivity index (χ0v) is 13.4. The molecule has 6 heteroatoms. The molecule has 1 saturated heterocycles. The fourth-order valence-electron chi connectivity index (χ4n) is 2.27. The van der Waals surface area contributed by atoms with Crippen molar-refractivity contribution < 1.29 is 8.42 Å². The van der Waals surface area contributed by atoms with Crippen LogP contribution >= 0.6 is 11.3 Å². The van der Waals surface area contributed by atoms with Crippen molar-refractivity contribution in [2.45, 2.75) is 37.9 Å². The topological polar surface area (TPSA) is 49.4 Å². The summed E-state index contributed by atoms with van der Waals surface area (Å²) in [6, 6.07) is 1.82. The largest absolute Gasteiger partial charge is 0.312 e. The number of nitrogens with one attached hydrogen (secondary N) is 1. The summed E-state index contributed by atoms with van der Waals surface area (Å²) in [7, 11) is -3.27. The highest BCUT2D eigenvalue weighted by atomic mass is 32.2. The molecule has 0 radical (unpaired) electrons. The Morgan fingerprint density at radius 1 is 1.53 bits per heavy atom. The summed E-state index contributed by atoms with van der Waals surface area (Å²) in [6.07, 6.45) is 0.966. The smallest absolute Gasteiger partial charge is 0.252 e. The van der Waals surface area contributed by atoms with Crippen LogP contribution in [0.15, 0.2) is 10.3 Å². The third kappa shape index (κ3) is 3.18. The van der Waals surface area contributed by atoms with Crippen molar-refractivity contribution in [1.82, 2.24) is 9.62 Å². The van der Waals surface area contributed by atoms with Crippen LogP contribution in [0.5, 0.6) is 0 Å². The van der Waals surface area contributed by atoms with Crippen molar-refractivity contribution in [2.24, 2.45) is 5.92 Å². The highest BCUT2D eigenvalue weighted by Crippen LogP contribution is 2.31. The second-order valence-corrected chi connectivity index (χ2v) is 8.51. The van der Waals surface area contributed by atoms with Crippen molar-refractivity contribution >= 4 is 21.4 Å². The molecule has 1 aromatic rings. The van der Waals surface area contributed by atoms with Crippen LogP contribution in [0, 0.1) is 12.8 Å². The summed E-state index contributed by atoms with van der Waals surface area (Å²) in [5.74, 6) is 0.470. The van der Waals surface area contributed by atoms with Gasteiger partial charge >= 0.3 is 0 Å². The molecule has 0 bridgehead atoms. The molecule has 2 rings (SSSR count). The number of nitrogens with zero attached hydrogens (tertiary/aromatic N) is 1. The van der Waals surface area contributed by atoms with E-state index in [9.17, 15) is 8.42 Å². The van der Waals surface area contributed by atoms with E-state index in [1.54, 1.807) is 4.31 Å². The molecule has 0 amide bonds. The lowest BCUT2D eigenvalue weighted by Gasteiger charge is -2.14. The van der Waals surface area contributed by atoms with Crippen LogP contribution < -0.4 is 5.32 Å². The van der Waals surface area contributed by atoms with Crippen LogP contribution in [0.1, 0.15) is 30.7 Å². The zero-order valence-electron chi connectivity index (χ0n) is 11.8. The lowest BCUT2D eigenvalue weighted by atomic mass is 10.2. The maximum atomic E-state index is 12.5. The number of thiophene rings is 1. The number of sulfonamides is 1. The molecular weight excluding hydrogens is 280 g/mol. The molecule has 108 valence electrons. The van der Waals surface area contributed by atoms with Crippen molar-refractivity contribution in [3.8, 4) is 0 Å². The predicted octanol–water partition coefficient (Wildman–Crippen LogP) is 2.20. The van der Waals surface area contributed by atoms with E-state index >= 15 is 0 Å². The minimum atomic E-state index is -3.27. The molecule has 19 heavy (non-hydrogen) atoms. The van der Waals surface area contributed by atoms with Gasteiger partial charge in [-0.2, -0.15) is 4.31 Å². The van der Waals surface area contributed by atoms with Crippen LogP contribution in [0.2, 0.25) is 0 Å². The van der Waals surface area contributed by atoms with Crippen molar-refractivity contribution in [1.29, 1.82) is 0 Å². The van der Waals surface area contributed by atoms with Gasteiger partial charge in [-0.25, -0.2) is 8.42 Å². The van der Waals surface area contributed by atoms with E-state index in [4.69, 9.17) is 0 Å². The third-order valence-electron chi connectivity index (χ3n) is 3.51. The van der Waals surface area contributed by atoms with E-state index in [2.05, 4.69) is 12.2 Å². The van der Waals surface area contributed by atoms with Gasteiger partial charge in [0.1, 0.15) is 4.21 Å². The fraction of sp³-hybridized carbons (Fsp3) is 0.692. The molecule has 0 aromatic carbocycles. The van der Waals surface area contributed by atoms with Gasteiger partial charge in [0.2, 0.25) is 0 Å². The van der Waals surface area contributed by atoms with E-state index in [1.165, 1.54) is 11.3 Å². The minimum Gasteiger partial charge on any atom is -0.312 e. The summed E-state index contributed by atoms with van der Waals surface area (Å²) in [5, 5.41) is 3.25. The summed E-state index contributed by atoms with van der Waals surface area (Å²) in [6.45, 7) is 9.08. The number of rotatable bonds is 5. The van der Waals surface area contributed by atoms with Crippen LogP contribution in [-0.4, -0.2) is 32.4 Å². The average molecular weight is 302 g/mol. The Balaban J connectivity index is 2.21. The Morgan fingerprint density at radius 2 is 2.26 bits per heavy atom. The Labute approximate surface area is 119 Å². The second-order valence-electron chi connectivity index (χ2n) is 5.21. The molecule has 0 saturated carbocycles. The Hall–Kier alpha value is -0.430. The molecule has 2 heterocycles. The van der Waals surface area contributed by atoms with Gasteiger partial charge in [0.15, 0.2) is 0 Å². The Bertz CT molecular complexity index is 537. The van der Waals surface area contributed by atoms with Crippen molar-refractivity contribution in [2.75, 3.05) is 19.6 Å². The number of hydrogen-bond donors (Lipinski definition) is 1. The van der Waals surface area contributed by atoms with Gasteiger partial charge in [-0.1, -0.05) is 13.8 Å². The SMILES string of the molecule is CCNCc1sc(S(=O)(=O)N2CCC(C)C2)cc1C. The third-order valence-corrected chi connectivity index (χ3v) is 7.07. The molecule has 1 aromatic heterocycles. The van der Waals surface area contributed by atoms with E-state index in [0.29, 0.717) is 23.2 Å². The van der Waals surface area contributed by atoms with E-state index in [1.807, 2.05) is 19.9 Å². The molecular formula is C13H22N2O2S2. The molecule has 1 aliphatic heterocycles. The fourth-order valence-corrected chi connectivity index (χ4v) is 5.56. The highest BCUT2D eigenvalue weighted by Gasteiger charge is 2.32. The van der Waals surface area contributed by atoms with Crippen LogP contribution in [0.25, 0.3) is 0 Å². The Kier molecular flexibility index (Phi) is 4.66. The molecule has 4 nitrogen and oxygen atoms in total. The number of hydrogen-bond acceptors (Lipinski definition) is 4. The molecule has 1 aliphatic rings. The van der Waals surface area contributed by atoms with Gasteiger partial charge in [0.05, 0.1) is 0 Å². The monoisotopic (exact) mass is 302 g/mol. The maximum absolute atomic E-state index is 12.5. The zero-order chi connectivity index (χ0) is 14.0. The first-order chi connectivity index (χ1) is 8.95. The lowest BCUT2D eigenvalue weighted by Crippen LogP contribution is -2.28. The minimum absolute atomic E-state index is 0.470.